The number of hydrogen-bond donors (Lipinski definition) is 0. The van der Waals surface area contributed by atoms with E-state index >= 15 is 0 Å². The van der Waals surface area contributed by atoms with Crippen molar-refractivity contribution in [1.82, 2.24) is 4.90 Å². The minimum absolute atomic E-state index is 0.0397. The van der Waals surface area contributed by atoms with E-state index in [-0.39, 0.29) is 23.5 Å². The van der Waals surface area contributed by atoms with Crippen LogP contribution in [0.5, 0.6) is 0 Å². The minimum Gasteiger partial charge on any atom is -0.338 e. The first kappa shape index (κ1) is 19.8. The molecule has 7 heteroatoms. The molecule has 1 atom stereocenters. The van der Waals surface area contributed by atoms with Gasteiger partial charge in [0.2, 0.25) is 5.91 Å². The quantitative estimate of drug-likeness (QED) is 0.615. The highest BCUT2D eigenvalue weighted by Crippen LogP contribution is 2.26. The normalized spacial score (nSPS) is 19.4. The Morgan fingerprint density at radius 1 is 1.42 bits per heavy atom. The number of nitrogens with zero attached hydrogens (tertiary/aromatic N) is 1. The topological polar surface area (TPSA) is 54.5 Å². The molecule has 1 heterocycles. The van der Waals surface area contributed by atoms with Gasteiger partial charge in [-0.3, -0.25) is 4.79 Å². The molecule has 134 valence electrons. The first-order chi connectivity index (χ1) is 11.3. The molecule has 1 fully saturated rings. The summed E-state index contributed by atoms with van der Waals surface area (Å²) < 4.78 is 24.5. The molecule has 1 amide bonds. The van der Waals surface area contributed by atoms with Gasteiger partial charge in [-0.2, -0.15) is 0 Å². The molecule has 1 aliphatic rings. The second kappa shape index (κ2) is 8.72. The van der Waals surface area contributed by atoms with Crippen molar-refractivity contribution in [3.63, 3.8) is 0 Å². The molecule has 0 bridgehead atoms. The van der Waals surface area contributed by atoms with Crippen molar-refractivity contribution in [3.8, 4) is 0 Å². The number of carbonyl (C=O) groups excluding carboxylic acids is 1. The van der Waals surface area contributed by atoms with Gasteiger partial charge in [-0.25, -0.2) is 8.42 Å². The molecule has 0 radical (unpaired) electrons. The van der Waals surface area contributed by atoms with Crippen LogP contribution in [0.1, 0.15) is 31.7 Å². The second-order valence-corrected chi connectivity index (χ2v) is 10.4. The van der Waals surface area contributed by atoms with Crippen molar-refractivity contribution in [2.75, 3.05) is 23.8 Å². The van der Waals surface area contributed by atoms with Crippen LogP contribution in [0.2, 0.25) is 0 Å². The van der Waals surface area contributed by atoms with E-state index in [1.165, 1.54) is 11.8 Å². The molecule has 1 aromatic carbocycles. The van der Waals surface area contributed by atoms with Crippen molar-refractivity contribution in [1.29, 1.82) is 0 Å². The summed E-state index contributed by atoms with van der Waals surface area (Å²) in [5, 5.41) is 0. The number of aryl methyl sites for hydroxylation is 1. The van der Waals surface area contributed by atoms with Crippen LogP contribution in [-0.4, -0.2) is 49.1 Å². The summed E-state index contributed by atoms with van der Waals surface area (Å²) in [7, 11) is -2.98. The molecular formula is C17H24BrNO3S2. The van der Waals surface area contributed by atoms with Gasteiger partial charge in [0, 0.05) is 22.0 Å². The van der Waals surface area contributed by atoms with Crippen LogP contribution in [-0.2, 0) is 14.6 Å². The maximum atomic E-state index is 12.7. The zero-order valence-corrected chi connectivity index (χ0v) is 17.3. The van der Waals surface area contributed by atoms with Crippen molar-refractivity contribution < 1.29 is 13.2 Å². The minimum atomic E-state index is -2.98. The summed E-state index contributed by atoms with van der Waals surface area (Å²) in [5.41, 5.74) is 1.13. The van der Waals surface area contributed by atoms with E-state index in [0.29, 0.717) is 18.7 Å². The van der Waals surface area contributed by atoms with Gasteiger partial charge in [-0.15, -0.1) is 11.8 Å². The van der Waals surface area contributed by atoms with E-state index in [1.807, 2.05) is 25.1 Å². The maximum Gasteiger partial charge on any atom is 0.233 e. The summed E-state index contributed by atoms with van der Waals surface area (Å²) >= 11 is 4.96. The third-order valence-corrected chi connectivity index (χ3v) is 7.61. The molecule has 0 aromatic heterocycles. The zero-order valence-electron chi connectivity index (χ0n) is 14.1. The molecule has 1 aliphatic heterocycles. The Morgan fingerprint density at radius 2 is 2.17 bits per heavy atom. The monoisotopic (exact) mass is 433 g/mol. The summed E-state index contributed by atoms with van der Waals surface area (Å²) in [6, 6.07) is 5.86. The highest BCUT2D eigenvalue weighted by Gasteiger charge is 2.34. The van der Waals surface area contributed by atoms with Crippen LogP contribution in [0.3, 0.4) is 0 Å². The van der Waals surface area contributed by atoms with E-state index in [9.17, 15) is 13.2 Å². The molecule has 24 heavy (non-hydrogen) atoms. The van der Waals surface area contributed by atoms with Gasteiger partial charge < -0.3 is 4.90 Å². The average molecular weight is 434 g/mol. The van der Waals surface area contributed by atoms with Crippen LogP contribution in [0.15, 0.2) is 27.6 Å². The van der Waals surface area contributed by atoms with Crippen LogP contribution in [0, 0.1) is 6.92 Å². The smallest absolute Gasteiger partial charge is 0.233 e. The van der Waals surface area contributed by atoms with Crippen LogP contribution >= 0.6 is 27.7 Å². The lowest BCUT2D eigenvalue weighted by Gasteiger charge is -2.28. The number of amides is 1. The average Bonchev–Trinajstić information content (AvgIpc) is 2.86. The van der Waals surface area contributed by atoms with Gasteiger partial charge in [0.15, 0.2) is 9.84 Å². The number of unbranched alkanes of at least 4 members (excludes halogenated alkanes) is 1. The van der Waals surface area contributed by atoms with Gasteiger partial charge in [-0.05, 0) is 43.5 Å². The van der Waals surface area contributed by atoms with E-state index < -0.39 is 9.84 Å². The van der Waals surface area contributed by atoms with Crippen molar-refractivity contribution in [3.05, 3.63) is 28.2 Å². The summed E-state index contributed by atoms with van der Waals surface area (Å²) in [6.45, 7) is 4.75. The number of benzene rings is 1. The third kappa shape index (κ3) is 5.49. The van der Waals surface area contributed by atoms with Crippen LogP contribution in [0.25, 0.3) is 0 Å². The predicted molar refractivity (Wildman–Crippen MR) is 103 cm³/mol. The van der Waals surface area contributed by atoms with Gasteiger partial charge >= 0.3 is 0 Å². The Kier molecular flexibility index (Phi) is 7.19. The summed E-state index contributed by atoms with van der Waals surface area (Å²) in [6.07, 6.45) is 2.46. The van der Waals surface area contributed by atoms with Crippen LogP contribution in [0.4, 0.5) is 0 Å². The molecule has 4 nitrogen and oxygen atoms in total. The molecule has 1 saturated heterocycles. The van der Waals surface area contributed by atoms with Crippen molar-refractivity contribution >= 4 is 43.4 Å². The molecule has 1 unspecified atom stereocenters. The number of sulfone groups is 1. The Morgan fingerprint density at radius 3 is 2.75 bits per heavy atom. The SMILES string of the molecule is CCCCN(C(=O)CSc1ccc(Br)cc1C)C1CCS(=O)(=O)C1. The molecular weight excluding hydrogens is 410 g/mol. The standard InChI is InChI=1S/C17H24BrNO3S2/c1-3-4-8-19(15-7-9-24(21,22)12-15)17(20)11-23-16-6-5-14(18)10-13(16)2/h5-6,10,15H,3-4,7-9,11-12H2,1-2H3. The van der Waals surface area contributed by atoms with E-state index in [0.717, 1.165) is 27.8 Å². The Labute approximate surface area is 157 Å². The predicted octanol–water partition coefficient (Wildman–Crippen LogP) is 3.67. The summed E-state index contributed by atoms with van der Waals surface area (Å²) in [4.78, 5) is 15.6. The number of rotatable bonds is 7. The second-order valence-electron chi connectivity index (χ2n) is 6.20. The number of hydrogen-bond acceptors (Lipinski definition) is 4. The van der Waals surface area contributed by atoms with Crippen molar-refractivity contribution in [2.24, 2.45) is 0 Å². The molecule has 1 aromatic rings. The fourth-order valence-corrected chi connectivity index (χ4v) is 5.96. The van der Waals surface area contributed by atoms with E-state index in [4.69, 9.17) is 0 Å². The highest BCUT2D eigenvalue weighted by atomic mass is 79.9. The molecule has 0 aliphatic carbocycles. The zero-order chi connectivity index (χ0) is 17.7. The summed E-state index contributed by atoms with van der Waals surface area (Å²) in [5.74, 6) is 0.706. The van der Waals surface area contributed by atoms with Gasteiger partial charge in [0.05, 0.1) is 17.3 Å². The Balaban J connectivity index is 2.02. The molecule has 0 spiro atoms. The lowest BCUT2D eigenvalue weighted by atomic mass is 10.2. The Bertz CT molecular complexity index is 691. The maximum absolute atomic E-state index is 12.7. The molecule has 2 rings (SSSR count). The lowest BCUT2D eigenvalue weighted by Crippen LogP contribution is -2.42. The van der Waals surface area contributed by atoms with E-state index in [1.54, 1.807) is 4.90 Å². The largest absolute Gasteiger partial charge is 0.338 e. The number of thioether (sulfide) groups is 1. The van der Waals surface area contributed by atoms with Gasteiger partial charge in [0.25, 0.3) is 0 Å². The first-order valence-electron chi connectivity index (χ1n) is 8.21. The highest BCUT2D eigenvalue weighted by molar-refractivity contribution is 9.10. The number of halogens is 1. The first-order valence-corrected chi connectivity index (χ1v) is 11.8. The van der Waals surface area contributed by atoms with E-state index in [2.05, 4.69) is 22.9 Å². The van der Waals surface area contributed by atoms with Crippen LogP contribution < -0.4 is 0 Å². The van der Waals surface area contributed by atoms with Gasteiger partial charge in [-0.1, -0.05) is 29.3 Å². The molecule has 0 saturated carbocycles. The van der Waals surface area contributed by atoms with Crippen molar-refractivity contribution in [2.45, 2.75) is 44.0 Å². The van der Waals surface area contributed by atoms with Gasteiger partial charge in [0.1, 0.15) is 0 Å². The Hall–Kier alpha value is -0.530. The lowest BCUT2D eigenvalue weighted by molar-refractivity contribution is -0.130. The molecule has 0 N–H and O–H groups in total. The fourth-order valence-electron chi connectivity index (χ4n) is 2.86. The number of carbonyl (C=O) groups is 1. The fraction of sp³-hybridized carbons (Fsp3) is 0.588. The third-order valence-electron chi connectivity index (χ3n) is 4.21.